The quantitative estimate of drug-likeness (QED) is 0.615. The second kappa shape index (κ2) is 5.27. The Morgan fingerprint density at radius 1 is 1.33 bits per heavy atom. The average Bonchev–Trinajstić information content (AvgIpc) is 2.37. The van der Waals surface area contributed by atoms with Crippen LogP contribution in [0.25, 0.3) is 11.1 Å². The minimum Gasteiger partial charge on any atom is -0.294 e. The molecule has 0 saturated heterocycles. The highest BCUT2D eigenvalue weighted by Crippen LogP contribution is 2.26. The number of hydrogen-bond donors (Lipinski definition) is 0. The number of carbonyl (C=O) groups excluding carboxylic acids is 1. The molecule has 0 aliphatic carbocycles. The molecule has 0 aliphatic rings. The summed E-state index contributed by atoms with van der Waals surface area (Å²) >= 11 is 5.82. The standard InChI is InChI=1S/C14H11ClFNO/c1-2-13(18)12-8-10(16)3-4-11(12)9-5-6-17-14(15)7-9/h3-8H,2H2,1H3. The molecule has 0 aliphatic heterocycles. The summed E-state index contributed by atoms with van der Waals surface area (Å²) in [6, 6.07) is 7.57. The fourth-order valence-corrected chi connectivity index (χ4v) is 1.93. The third-order valence-corrected chi connectivity index (χ3v) is 2.85. The Morgan fingerprint density at radius 2 is 2.11 bits per heavy atom. The van der Waals surface area contributed by atoms with E-state index in [1.54, 1.807) is 31.3 Å². The van der Waals surface area contributed by atoms with Gasteiger partial charge in [-0.3, -0.25) is 4.79 Å². The summed E-state index contributed by atoms with van der Waals surface area (Å²) in [5.74, 6) is -0.520. The summed E-state index contributed by atoms with van der Waals surface area (Å²) < 4.78 is 13.2. The van der Waals surface area contributed by atoms with Gasteiger partial charge in [-0.05, 0) is 35.4 Å². The highest BCUT2D eigenvalue weighted by atomic mass is 35.5. The molecular formula is C14H11ClFNO. The predicted octanol–water partition coefficient (Wildman–Crippen LogP) is 4.13. The van der Waals surface area contributed by atoms with Gasteiger partial charge in [0.05, 0.1) is 0 Å². The van der Waals surface area contributed by atoms with E-state index in [9.17, 15) is 9.18 Å². The normalized spacial score (nSPS) is 10.4. The largest absolute Gasteiger partial charge is 0.294 e. The molecule has 0 amide bonds. The number of hydrogen-bond acceptors (Lipinski definition) is 2. The summed E-state index contributed by atoms with van der Waals surface area (Å²) in [4.78, 5) is 15.7. The van der Waals surface area contributed by atoms with Gasteiger partial charge in [0.1, 0.15) is 11.0 Å². The summed E-state index contributed by atoms with van der Waals surface area (Å²) in [6.45, 7) is 1.75. The molecule has 1 aromatic heterocycles. The van der Waals surface area contributed by atoms with E-state index in [0.717, 1.165) is 5.56 Å². The highest BCUT2D eigenvalue weighted by molar-refractivity contribution is 6.29. The zero-order chi connectivity index (χ0) is 13.1. The Kier molecular flexibility index (Phi) is 3.72. The molecule has 0 saturated carbocycles. The molecule has 0 bridgehead atoms. The molecule has 1 aromatic carbocycles. The molecule has 0 fully saturated rings. The maximum atomic E-state index is 13.2. The number of aromatic nitrogens is 1. The first kappa shape index (κ1) is 12.7. The zero-order valence-electron chi connectivity index (χ0n) is 9.78. The Hall–Kier alpha value is -1.74. The van der Waals surface area contributed by atoms with E-state index < -0.39 is 5.82 Å². The van der Waals surface area contributed by atoms with Crippen molar-refractivity contribution < 1.29 is 9.18 Å². The predicted molar refractivity (Wildman–Crippen MR) is 69.3 cm³/mol. The van der Waals surface area contributed by atoms with Crippen LogP contribution in [-0.4, -0.2) is 10.8 Å². The van der Waals surface area contributed by atoms with Crippen LogP contribution in [0.5, 0.6) is 0 Å². The second-order valence-electron chi connectivity index (χ2n) is 3.83. The summed E-state index contributed by atoms with van der Waals surface area (Å²) in [7, 11) is 0. The van der Waals surface area contributed by atoms with Crippen molar-refractivity contribution in [3.05, 3.63) is 53.1 Å². The first-order valence-corrected chi connectivity index (χ1v) is 5.94. The molecule has 0 N–H and O–H groups in total. The molecule has 4 heteroatoms. The number of ketones is 1. The summed E-state index contributed by atoms with van der Waals surface area (Å²) in [5, 5.41) is 0.340. The van der Waals surface area contributed by atoms with Crippen molar-refractivity contribution in [2.75, 3.05) is 0 Å². The van der Waals surface area contributed by atoms with E-state index >= 15 is 0 Å². The monoisotopic (exact) mass is 263 g/mol. The molecule has 92 valence electrons. The summed E-state index contributed by atoms with van der Waals surface area (Å²) in [6.07, 6.45) is 1.89. The lowest BCUT2D eigenvalue weighted by Gasteiger charge is -2.08. The van der Waals surface area contributed by atoms with Crippen molar-refractivity contribution in [3.63, 3.8) is 0 Å². The van der Waals surface area contributed by atoms with Crippen molar-refractivity contribution in [2.24, 2.45) is 0 Å². The Morgan fingerprint density at radius 3 is 2.78 bits per heavy atom. The average molecular weight is 264 g/mol. The number of carbonyl (C=O) groups is 1. The van der Waals surface area contributed by atoms with Crippen molar-refractivity contribution >= 4 is 17.4 Å². The van der Waals surface area contributed by atoms with Crippen molar-refractivity contribution in [1.82, 2.24) is 4.98 Å². The van der Waals surface area contributed by atoms with Crippen LogP contribution >= 0.6 is 11.6 Å². The van der Waals surface area contributed by atoms with Crippen LogP contribution in [0.4, 0.5) is 4.39 Å². The van der Waals surface area contributed by atoms with E-state index in [1.165, 1.54) is 12.1 Å². The van der Waals surface area contributed by atoms with Gasteiger partial charge < -0.3 is 0 Å². The van der Waals surface area contributed by atoms with Gasteiger partial charge in [0, 0.05) is 18.2 Å². The van der Waals surface area contributed by atoms with E-state index in [1.807, 2.05) is 0 Å². The molecule has 0 spiro atoms. The lowest BCUT2D eigenvalue weighted by Crippen LogP contribution is -2.00. The van der Waals surface area contributed by atoms with Gasteiger partial charge in [-0.1, -0.05) is 24.6 Å². The number of rotatable bonds is 3. The first-order chi connectivity index (χ1) is 8.61. The van der Waals surface area contributed by atoms with Gasteiger partial charge in [0.15, 0.2) is 5.78 Å². The third-order valence-electron chi connectivity index (χ3n) is 2.64. The minimum absolute atomic E-state index is 0.0996. The van der Waals surface area contributed by atoms with Crippen molar-refractivity contribution in [1.29, 1.82) is 0 Å². The first-order valence-electron chi connectivity index (χ1n) is 5.56. The molecule has 0 unspecified atom stereocenters. The van der Waals surface area contributed by atoms with E-state index in [2.05, 4.69) is 4.98 Å². The molecule has 0 radical (unpaired) electrons. The van der Waals surface area contributed by atoms with Gasteiger partial charge in [0.2, 0.25) is 0 Å². The number of benzene rings is 1. The van der Waals surface area contributed by atoms with Crippen molar-refractivity contribution in [2.45, 2.75) is 13.3 Å². The lowest BCUT2D eigenvalue weighted by atomic mass is 9.96. The molecular weight excluding hydrogens is 253 g/mol. The van der Waals surface area contributed by atoms with Crippen LogP contribution in [0.15, 0.2) is 36.5 Å². The van der Waals surface area contributed by atoms with Gasteiger partial charge in [-0.25, -0.2) is 9.37 Å². The maximum absolute atomic E-state index is 13.2. The van der Waals surface area contributed by atoms with Crippen LogP contribution in [0.3, 0.4) is 0 Å². The van der Waals surface area contributed by atoms with Crippen LogP contribution in [0.1, 0.15) is 23.7 Å². The van der Waals surface area contributed by atoms with Crippen LogP contribution < -0.4 is 0 Å². The topological polar surface area (TPSA) is 30.0 Å². The molecule has 2 aromatic rings. The van der Waals surface area contributed by atoms with E-state index in [-0.39, 0.29) is 5.78 Å². The van der Waals surface area contributed by atoms with Crippen LogP contribution in [-0.2, 0) is 0 Å². The summed E-state index contributed by atoms with van der Waals surface area (Å²) in [5.41, 5.74) is 1.80. The second-order valence-corrected chi connectivity index (χ2v) is 4.22. The van der Waals surface area contributed by atoms with Crippen molar-refractivity contribution in [3.8, 4) is 11.1 Å². The fourth-order valence-electron chi connectivity index (χ4n) is 1.76. The molecule has 18 heavy (non-hydrogen) atoms. The maximum Gasteiger partial charge on any atom is 0.163 e. The van der Waals surface area contributed by atoms with Crippen LogP contribution in [0, 0.1) is 5.82 Å². The lowest BCUT2D eigenvalue weighted by molar-refractivity contribution is 0.0988. The van der Waals surface area contributed by atoms with E-state index in [4.69, 9.17) is 11.6 Å². The fraction of sp³-hybridized carbons (Fsp3) is 0.143. The smallest absolute Gasteiger partial charge is 0.163 e. The van der Waals surface area contributed by atoms with Gasteiger partial charge in [0.25, 0.3) is 0 Å². The minimum atomic E-state index is -0.421. The number of Topliss-reactive ketones (excluding diaryl/α,β-unsaturated/α-hetero) is 1. The van der Waals surface area contributed by atoms with E-state index in [0.29, 0.717) is 22.7 Å². The third kappa shape index (κ3) is 2.57. The van der Waals surface area contributed by atoms with Gasteiger partial charge >= 0.3 is 0 Å². The number of halogens is 2. The zero-order valence-corrected chi connectivity index (χ0v) is 10.5. The highest BCUT2D eigenvalue weighted by Gasteiger charge is 2.12. The Balaban J connectivity index is 2.60. The number of nitrogens with zero attached hydrogens (tertiary/aromatic N) is 1. The SMILES string of the molecule is CCC(=O)c1cc(F)ccc1-c1ccnc(Cl)c1. The van der Waals surface area contributed by atoms with Crippen LogP contribution in [0.2, 0.25) is 5.15 Å². The van der Waals surface area contributed by atoms with Gasteiger partial charge in [-0.15, -0.1) is 0 Å². The Labute approximate surface area is 109 Å². The molecule has 2 nitrogen and oxygen atoms in total. The van der Waals surface area contributed by atoms with Gasteiger partial charge in [-0.2, -0.15) is 0 Å². The Bertz CT molecular complexity index is 598. The molecule has 0 atom stereocenters. The molecule has 2 rings (SSSR count). The number of pyridine rings is 1. The molecule has 1 heterocycles.